The molecule has 0 amide bonds. The first-order valence-electron chi connectivity index (χ1n) is 4.68. The molecule has 0 saturated carbocycles. The fraction of sp³-hybridized carbons (Fsp3) is 0.400. The van der Waals surface area contributed by atoms with Crippen molar-refractivity contribution in [2.45, 2.75) is 6.04 Å². The van der Waals surface area contributed by atoms with Crippen molar-refractivity contribution in [2.24, 2.45) is 5.73 Å². The Balaban J connectivity index is 2.78. The second-order valence-electron chi connectivity index (χ2n) is 3.14. The molecule has 0 fully saturated rings. The summed E-state index contributed by atoms with van der Waals surface area (Å²) in [4.78, 5) is 0. The Morgan fingerprint density at radius 1 is 1.33 bits per heavy atom. The maximum absolute atomic E-state index is 12.9. The van der Waals surface area contributed by atoms with Gasteiger partial charge in [0.05, 0.1) is 6.61 Å². The molecule has 1 unspecified atom stereocenters. The van der Waals surface area contributed by atoms with Crippen LogP contribution < -0.4 is 11.1 Å². The minimum Gasteiger partial charge on any atom is -0.395 e. The molecule has 0 aromatic heterocycles. The standard InChI is InChI=1S/C10H14F2N2O/c11-8-2-1-7(5-9(8)12)10(6-13)14-3-4-15/h1-2,5,10,14-15H,3-4,6,13H2. The first-order valence-corrected chi connectivity index (χ1v) is 4.68. The number of aliphatic hydroxyl groups excluding tert-OH is 1. The van der Waals surface area contributed by atoms with E-state index in [1.165, 1.54) is 6.07 Å². The Kier molecular flexibility index (Phi) is 4.61. The first-order chi connectivity index (χ1) is 7.19. The quantitative estimate of drug-likeness (QED) is 0.673. The van der Waals surface area contributed by atoms with Gasteiger partial charge in [-0.05, 0) is 17.7 Å². The van der Waals surface area contributed by atoms with Crippen LogP contribution in [0, 0.1) is 11.6 Å². The van der Waals surface area contributed by atoms with E-state index >= 15 is 0 Å². The van der Waals surface area contributed by atoms with Gasteiger partial charge in [-0.2, -0.15) is 0 Å². The third-order valence-electron chi connectivity index (χ3n) is 2.08. The molecule has 1 aromatic carbocycles. The molecule has 4 N–H and O–H groups in total. The summed E-state index contributed by atoms with van der Waals surface area (Å²) in [6.07, 6.45) is 0. The zero-order valence-electron chi connectivity index (χ0n) is 8.21. The number of rotatable bonds is 5. The van der Waals surface area contributed by atoms with Crippen LogP contribution in [0.3, 0.4) is 0 Å². The fourth-order valence-corrected chi connectivity index (χ4v) is 1.31. The SMILES string of the molecule is NCC(NCCO)c1ccc(F)c(F)c1. The van der Waals surface area contributed by atoms with Crippen molar-refractivity contribution >= 4 is 0 Å². The summed E-state index contributed by atoms with van der Waals surface area (Å²) in [5, 5.41) is 11.5. The summed E-state index contributed by atoms with van der Waals surface area (Å²) in [5.74, 6) is -1.77. The molecule has 0 aliphatic carbocycles. The summed E-state index contributed by atoms with van der Waals surface area (Å²) < 4.78 is 25.6. The van der Waals surface area contributed by atoms with Crippen LogP contribution in [-0.4, -0.2) is 24.8 Å². The van der Waals surface area contributed by atoms with E-state index < -0.39 is 11.6 Å². The van der Waals surface area contributed by atoms with Crippen LogP contribution in [0.15, 0.2) is 18.2 Å². The summed E-state index contributed by atoms with van der Waals surface area (Å²) in [6.45, 7) is 0.589. The minimum atomic E-state index is -0.892. The zero-order chi connectivity index (χ0) is 11.3. The van der Waals surface area contributed by atoms with E-state index in [4.69, 9.17) is 10.8 Å². The zero-order valence-corrected chi connectivity index (χ0v) is 8.21. The van der Waals surface area contributed by atoms with Crippen molar-refractivity contribution < 1.29 is 13.9 Å². The van der Waals surface area contributed by atoms with Gasteiger partial charge in [0.2, 0.25) is 0 Å². The second kappa shape index (κ2) is 5.75. The summed E-state index contributed by atoms with van der Waals surface area (Å²) >= 11 is 0. The number of hydrogen-bond donors (Lipinski definition) is 3. The maximum Gasteiger partial charge on any atom is 0.159 e. The maximum atomic E-state index is 12.9. The predicted octanol–water partition coefficient (Wildman–Crippen LogP) is 0.547. The van der Waals surface area contributed by atoms with Crippen molar-refractivity contribution in [3.63, 3.8) is 0 Å². The third kappa shape index (κ3) is 3.23. The Labute approximate surface area is 86.9 Å². The van der Waals surface area contributed by atoms with Crippen LogP contribution in [0.5, 0.6) is 0 Å². The van der Waals surface area contributed by atoms with Gasteiger partial charge in [0.15, 0.2) is 11.6 Å². The molecule has 0 bridgehead atoms. The molecule has 0 aliphatic heterocycles. The predicted molar refractivity (Wildman–Crippen MR) is 53.2 cm³/mol. The molecule has 0 radical (unpaired) electrons. The molecular weight excluding hydrogens is 202 g/mol. The van der Waals surface area contributed by atoms with E-state index in [9.17, 15) is 8.78 Å². The lowest BCUT2D eigenvalue weighted by Crippen LogP contribution is -2.30. The van der Waals surface area contributed by atoms with Crippen molar-refractivity contribution in [3.05, 3.63) is 35.4 Å². The molecule has 1 aromatic rings. The van der Waals surface area contributed by atoms with Gasteiger partial charge in [-0.1, -0.05) is 6.07 Å². The molecule has 0 spiro atoms. The molecule has 84 valence electrons. The van der Waals surface area contributed by atoms with Gasteiger partial charge in [-0.25, -0.2) is 8.78 Å². The van der Waals surface area contributed by atoms with E-state index in [-0.39, 0.29) is 19.2 Å². The topological polar surface area (TPSA) is 58.3 Å². The molecule has 0 heterocycles. The Hall–Kier alpha value is -1.04. The van der Waals surface area contributed by atoms with Crippen molar-refractivity contribution in [1.82, 2.24) is 5.32 Å². The second-order valence-corrected chi connectivity index (χ2v) is 3.14. The van der Waals surface area contributed by atoms with Gasteiger partial charge in [0, 0.05) is 19.1 Å². The largest absolute Gasteiger partial charge is 0.395 e. The van der Waals surface area contributed by atoms with Gasteiger partial charge in [0.1, 0.15) is 0 Å². The smallest absolute Gasteiger partial charge is 0.159 e. The van der Waals surface area contributed by atoms with Crippen molar-refractivity contribution in [1.29, 1.82) is 0 Å². The number of nitrogens with two attached hydrogens (primary N) is 1. The van der Waals surface area contributed by atoms with Gasteiger partial charge in [-0.15, -0.1) is 0 Å². The lowest BCUT2D eigenvalue weighted by Gasteiger charge is -2.16. The van der Waals surface area contributed by atoms with E-state index in [2.05, 4.69) is 5.32 Å². The molecule has 1 atom stereocenters. The molecule has 15 heavy (non-hydrogen) atoms. The lowest BCUT2D eigenvalue weighted by atomic mass is 10.1. The molecule has 0 saturated heterocycles. The monoisotopic (exact) mass is 216 g/mol. The number of halogens is 2. The minimum absolute atomic E-state index is 0.0276. The third-order valence-corrected chi connectivity index (χ3v) is 2.08. The van der Waals surface area contributed by atoms with Crippen molar-refractivity contribution in [2.75, 3.05) is 19.7 Å². The average Bonchev–Trinajstić information content (AvgIpc) is 2.24. The molecular formula is C10H14F2N2O. The number of benzene rings is 1. The highest BCUT2D eigenvalue weighted by Crippen LogP contribution is 2.15. The molecule has 1 rings (SSSR count). The van der Waals surface area contributed by atoms with E-state index in [0.717, 1.165) is 12.1 Å². The van der Waals surface area contributed by atoms with Crippen LogP contribution in [0.2, 0.25) is 0 Å². The number of nitrogens with one attached hydrogen (secondary N) is 1. The number of hydrogen-bond acceptors (Lipinski definition) is 3. The van der Waals surface area contributed by atoms with Gasteiger partial charge in [0.25, 0.3) is 0 Å². The normalized spacial score (nSPS) is 12.8. The Morgan fingerprint density at radius 3 is 2.60 bits per heavy atom. The highest BCUT2D eigenvalue weighted by Gasteiger charge is 2.11. The van der Waals surface area contributed by atoms with E-state index in [1.807, 2.05) is 0 Å². The van der Waals surface area contributed by atoms with E-state index in [0.29, 0.717) is 12.1 Å². The van der Waals surface area contributed by atoms with Crippen LogP contribution in [0.4, 0.5) is 8.78 Å². The molecule has 5 heteroatoms. The lowest BCUT2D eigenvalue weighted by molar-refractivity contribution is 0.285. The van der Waals surface area contributed by atoms with Gasteiger partial charge < -0.3 is 16.2 Å². The molecule has 3 nitrogen and oxygen atoms in total. The van der Waals surface area contributed by atoms with Gasteiger partial charge >= 0.3 is 0 Å². The summed E-state index contributed by atoms with van der Waals surface area (Å²) in [6, 6.07) is 3.37. The Morgan fingerprint density at radius 2 is 2.07 bits per heavy atom. The van der Waals surface area contributed by atoms with Crippen LogP contribution in [-0.2, 0) is 0 Å². The summed E-state index contributed by atoms with van der Waals surface area (Å²) in [5.41, 5.74) is 6.05. The van der Waals surface area contributed by atoms with Gasteiger partial charge in [-0.3, -0.25) is 0 Å². The highest BCUT2D eigenvalue weighted by molar-refractivity contribution is 5.21. The first kappa shape index (κ1) is 12.0. The summed E-state index contributed by atoms with van der Waals surface area (Å²) in [7, 11) is 0. The highest BCUT2D eigenvalue weighted by atomic mass is 19.2. The van der Waals surface area contributed by atoms with Crippen LogP contribution in [0.1, 0.15) is 11.6 Å². The van der Waals surface area contributed by atoms with Crippen LogP contribution in [0.25, 0.3) is 0 Å². The fourth-order valence-electron chi connectivity index (χ4n) is 1.31. The van der Waals surface area contributed by atoms with Crippen LogP contribution >= 0.6 is 0 Å². The molecule has 0 aliphatic rings. The number of aliphatic hydroxyl groups is 1. The van der Waals surface area contributed by atoms with E-state index in [1.54, 1.807) is 0 Å². The van der Waals surface area contributed by atoms with Crippen molar-refractivity contribution in [3.8, 4) is 0 Å². The average molecular weight is 216 g/mol. The Bertz CT molecular complexity index is 320.